The summed E-state index contributed by atoms with van der Waals surface area (Å²) in [5, 5.41) is 3.15. The Morgan fingerprint density at radius 3 is 2.69 bits per heavy atom. The van der Waals surface area contributed by atoms with E-state index in [0.717, 1.165) is 42.6 Å². The zero-order valence-corrected chi connectivity index (χ0v) is 15.3. The monoisotopic (exact) mass is 355 g/mol. The molecule has 1 saturated carbocycles. The number of hydrogen-bond acceptors (Lipinski definition) is 5. The number of aryl methyl sites for hydroxylation is 1. The van der Waals surface area contributed by atoms with E-state index in [0.29, 0.717) is 12.3 Å². The van der Waals surface area contributed by atoms with Crippen molar-refractivity contribution in [2.75, 3.05) is 7.11 Å². The van der Waals surface area contributed by atoms with Crippen LogP contribution in [0.5, 0.6) is 11.6 Å². The summed E-state index contributed by atoms with van der Waals surface area (Å²) in [7, 11) is 1.65. The summed E-state index contributed by atoms with van der Waals surface area (Å²) in [5.74, 6) is 1.47. The number of carbonyl (C=O) groups is 1. The molecule has 1 aliphatic carbocycles. The third kappa shape index (κ3) is 4.94. The molecule has 0 atom stereocenters. The van der Waals surface area contributed by atoms with Gasteiger partial charge in [0.15, 0.2) is 0 Å². The van der Waals surface area contributed by atoms with Crippen molar-refractivity contribution in [3.8, 4) is 11.6 Å². The Morgan fingerprint density at radius 2 is 2.04 bits per heavy atom. The first-order chi connectivity index (χ1) is 12.6. The number of nitrogens with zero attached hydrogens (tertiary/aromatic N) is 2. The van der Waals surface area contributed by atoms with Gasteiger partial charge in [-0.1, -0.05) is 12.1 Å². The molecule has 1 heterocycles. The van der Waals surface area contributed by atoms with Crippen LogP contribution in [0, 0.1) is 6.92 Å². The second kappa shape index (κ2) is 8.65. The van der Waals surface area contributed by atoms with E-state index in [1.807, 2.05) is 25.1 Å². The van der Waals surface area contributed by atoms with Gasteiger partial charge >= 0.3 is 0 Å². The molecule has 3 rings (SSSR count). The van der Waals surface area contributed by atoms with Gasteiger partial charge in [0.25, 0.3) is 0 Å². The zero-order chi connectivity index (χ0) is 18.4. The van der Waals surface area contributed by atoms with Gasteiger partial charge in [-0.25, -0.2) is 4.98 Å². The Morgan fingerprint density at radius 1 is 1.23 bits per heavy atom. The van der Waals surface area contributed by atoms with Gasteiger partial charge < -0.3 is 14.8 Å². The van der Waals surface area contributed by atoms with Gasteiger partial charge in [0, 0.05) is 18.4 Å². The third-order valence-electron chi connectivity index (χ3n) is 4.69. The summed E-state index contributed by atoms with van der Waals surface area (Å²) in [4.78, 5) is 20.5. The molecule has 0 aliphatic heterocycles. The predicted octanol–water partition coefficient (Wildman–Crippen LogP) is 2.84. The number of aromatic nitrogens is 2. The SMILES string of the molecule is COc1ccc(CC(=O)NC2CCC(Oc3cnccn3)CC2)cc1C. The fourth-order valence-corrected chi connectivity index (χ4v) is 3.36. The minimum absolute atomic E-state index is 0.0628. The summed E-state index contributed by atoms with van der Waals surface area (Å²) in [6.45, 7) is 1.98. The molecule has 1 aromatic heterocycles. The van der Waals surface area contributed by atoms with Gasteiger partial charge in [-0.05, 0) is 49.8 Å². The number of carbonyl (C=O) groups excluding carboxylic acids is 1. The van der Waals surface area contributed by atoms with E-state index in [4.69, 9.17) is 9.47 Å². The lowest BCUT2D eigenvalue weighted by atomic mass is 9.92. The van der Waals surface area contributed by atoms with E-state index < -0.39 is 0 Å². The first-order valence-corrected chi connectivity index (χ1v) is 8.99. The molecule has 138 valence electrons. The highest BCUT2D eigenvalue weighted by Crippen LogP contribution is 2.23. The molecule has 6 nitrogen and oxygen atoms in total. The molecule has 0 spiro atoms. The molecule has 0 bridgehead atoms. The standard InChI is InChI=1S/C20H25N3O3/c1-14-11-15(3-8-18(14)25-2)12-19(24)23-16-4-6-17(7-5-16)26-20-13-21-9-10-22-20/h3,8-11,13,16-17H,4-7,12H2,1-2H3,(H,23,24). The normalized spacial score (nSPS) is 19.6. The van der Waals surface area contributed by atoms with E-state index in [-0.39, 0.29) is 18.1 Å². The highest BCUT2D eigenvalue weighted by Gasteiger charge is 2.24. The molecule has 0 radical (unpaired) electrons. The second-order valence-corrected chi connectivity index (χ2v) is 6.68. The van der Waals surface area contributed by atoms with Gasteiger partial charge in [0.05, 0.1) is 19.7 Å². The third-order valence-corrected chi connectivity index (χ3v) is 4.69. The molecular formula is C20H25N3O3. The van der Waals surface area contributed by atoms with Crippen molar-refractivity contribution in [1.29, 1.82) is 0 Å². The predicted molar refractivity (Wildman–Crippen MR) is 98.3 cm³/mol. The van der Waals surface area contributed by atoms with Crippen LogP contribution >= 0.6 is 0 Å². The van der Waals surface area contributed by atoms with E-state index in [1.54, 1.807) is 25.7 Å². The van der Waals surface area contributed by atoms with Gasteiger partial charge in [-0.2, -0.15) is 0 Å². The minimum Gasteiger partial charge on any atom is -0.496 e. The lowest BCUT2D eigenvalue weighted by molar-refractivity contribution is -0.121. The highest BCUT2D eigenvalue weighted by molar-refractivity contribution is 5.79. The van der Waals surface area contributed by atoms with E-state index >= 15 is 0 Å². The maximum atomic E-state index is 12.3. The van der Waals surface area contributed by atoms with Crippen molar-refractivity contribution in [3.05, 3.63) is 47.9 Å². The second-order valence-electron chi connectivity index (χ2n) is 6.68. The smallest absolute Gasteiger partial charge is 0.232 e. The zero-order valence-electron chi connectivity index (χ0n) is 15.3. The maximum absolute atomic E-state index is 12.3. The van der Waals surface area contributed by atoms with Crippen LogP contribution in [-0.4, -0.2) is 35.1 Å². The van der Waals surface area contributed by atoms with Gasteiger partial charge in [0.2, 0.25) is 11.8 Å². The van der Waals surface area contributed by atoms with E-state index in [2.05, 4.69) is 15.3 Å². The summed E-state index contributed by atoms with van der Waals surface area (Å²) in [5.41, 5.74) is 2.04. The molecule has 26 heavy (non-hydrogen) atoms. The molecule has 0 saturated heterocycles. The van der Waals surface area contributed by atoms with Crippen LogP contribution in [0.25, 0.3) is 0 Å². The Labute approximate surface area is 154 Å². The first-order valence-electron chi connectivity index (χ1n) is 8.99. The van der Waals surface area contributed by atoms with Crippen molar-refractivity contribution < 1.29 is 14.3 Å². The van der Waals surface area contributed by atoms with Gasteiger partial charge in [0.1, 0.15) is 11.9 Å². The number of hydrogen-bond donors (Lipinski definition) is 1. The molecule has 2 aromatic rings. The lowest BCUT2D eigenvalue weighted by Gasteiger charge is -2.29. The number of benzene rings is 1. The fourth-order valence-electron chi connectivity index (χ4n) is 3.36. The van der Waals surface area contributed by atoms with Crippen LogP contribution in [0.1, 0.15) is 36.8 Å². The number of methoxy groups -OCH3 is 1. The van der Waals surface area contributed by atoms with Crippen LogP contribution in [0.2, 0.25) is 0 Å². The van der Waals surface area contributed by atoms with Crippen LogP contribution < -0.4 is 14.8 Å². The molecule has 0 unspecified atom stereocenters. The Bertz CT molecular complexity index is 728. The topological polar surface area (TPSA) is 73.3 Å². The van der Waals surface area contributed by atoms with Crippen molar-refractivity contribution >= 4 is 5.91 Å². The Hall–Kier alpha value is -2.63. The van der Waals surface area contributed by atoms with Crippen molar-refractivity contribution in [2.45, 2.75) is 51.2 Å². The summed E-state index contributed by atoms with van der Waals surface area (Å²) in [6, 6.07) is 6.07. The van der Waals surface area contributed by atoms with Gasteiger partial charge in [-0.15, -0.1) is 0 Å². The largest absolute Gasteiger partial charge is 0.496 e. The number of amides is 1. The Balaban J connectivity index is 1.44. The molecule has 1 aliphatic rings. The average Bonchev–Trinajstić information content (AvgIpc) is 2.64. The number of rotatable bonds is 6. The summed E-state index contributed by atoms with van der Waals surface area (Å²) < 4.78 is 11.1. The molecule has 1 N–H and O–H groups in total. The minimum atomic E-state index is 0.0628. The Kier molecular flexibility index (Phi) is 6.04. The van der Waals surface area contributed by atoms with Crippen molar-refractivity contribution in [2.24, 2.45) is 0 Å². The van der Waals surface area contributed by atoms with Crippen LogP contribution in [-0.2, 0) is 11.2 Å². The van der Waals surface area contributed by atoms with Crippen LogP contribution in [0.3, 0.4) is 0 Å². The van der Waals surface area contributed by atoms with Crippen molar-refractivity contribution in [3.63, 3.8) is 0 Å². The van der Waals surface area contributed by atoms with E-state index in [1.165, 1.54) is 0 Å². The quantitative estimate of drug-likeness (QED) is 0.862. The molecule has 6 heteroatoms. The average molecular weight is 355 g/mol. The molecule has 1 aromatic carbocycles. The van der Waals surface area contributed by atoms with Gasteiger partial charge in [-0.3, -0.25) is 9.78 Å². The molecule has 1 amide bonds. The fraction of sp³-hybridized carbons (Fsp3) is 0.450. The van der Waals surface area contributed by atoms with Crippen molar-refractivity contribution in [1.82, 2.24) is 15.3 Å². The molecular weight excluding hydrogens is 330 g/mol. The molecule has 1 fully saturated rings. The van der Waals surface area contributed by atoms with E-state index in [9.17, 15) is 4.79 Å². The lowest BCUT2D eigenvalue weighted by Crippen LogP contribution is -2.40. The summed E-state index contributed by atoms with van der Waals surface area (Å²) >= 11 is 0. The number of nitrogens with one attached hydrogen (secondary N) is 1. The first kappa shape index (κ1) is 18.2. The summed E-state index contributed by atoms with van der Waals surface area (Å²) in [6.07, 6.45) is 9.06. The number of ether oxygens (including phenoxy) is 2. The van der Waals surface area contributed by atoms with Crippen LogP contribution in [0.4, 0.5) is 0 Å². The maximum Gasteiger partial charge on any atom is 0.232 e. The van der Waals surface area contributed by atoms with Crippen LogP contribution in [0.15, 0.2) is 36.8 Å². The highest BCUT2D eigenvalue weighted by atomic mass is 16.5.